The van der Waals surface area contributed by atoms with Gasteiger partial charge in [-0.15, -0.1) is 0 Å². The Morgan fingerprint density at radius 2 is 1.94 bits per heavy atom. The van der Waals surface area contributed by atoms with E-state index < -0.39 is 6.04 Å². The van der Waals surface area contributed by atoms with Crippen molar-refractivity contribution in [2.75, 3.05) is 4.90 Å². The minimum absolute atomic E-state index is 0.184. The molecule has 0 spiro atoms. The molecule has 1 N–H and O–H groups in total. The van der Waals surface area contributed by atoms with Crippen LogP contribution in [0.2, 0.25) is 5.02 Å². The van der Waals surface area contributed by atoms with Crippen LogP contribution < -0.4 is 10.2 Å². The van der Waals surface area contributed by atoms with E-state index in [2.05, 4.69) is 12.2 Å². The maximum atomic E-state index is 12.1. The molecule has 0 aliphatic carbocycles. The van der Waals surface area contributed by atoms with Gasteiger partial charge in [0.15, 0.2) is 0 Å². The van der Waals surface area contributed by atoms with Crippen LogP contribution in [0.3, 0.4) is 0 Å². The van der Waals surface area contributed by atoms with Crippen molar-refractivity contribution in [1.29, 1.82) is 0 Å². The predicted molar refractivity (Wildman–Crippen MR) is 70.8 cm³/mol. The minimum atomic E-state index is -0.395. The molecule has 0 radical (unpaired) electrons. The zero-order valence-electron chi connectivity index (χ0n) is 10.1. The fourth-order valence-electron chi connectivity index (χ4n) is 1.97. The van der Waals surface area contributed by atoms with Crippen LogP contribution in [0, 0.1) is 0 Å². The van der Waals surface area contributed by atoms with Gasteiger partial charge in [0.05, 0.1) is 5.69 Å². The van der Waals surface area contributed by atoms with Gasteiger partial charge >= 0.3 is 6.03 Å². The van der Waals surface area contributed by atoms with Gasteiger partial charge in [0, 0.05) is 5.02 Å². The lowest BCUT2D eigenvalue weighted by atomic mass is 10.1. The largest absolute Gasteiger partial charge is 0.329 e. The molecular formula is C13H15ClN2O2. The molecule has 3 amide bonds. The molecular weight excluding hydrogens is 252 g/mol. The molecule has 1 aromatic rings. The highest BCUT2D eigenvalue weighted by molar-refractivity contribution is 6.30. The number of imide groups is 1. The van der Waals surface area contributed by atoms with Crippen molar-refractivity contribution in [1.82, 2.24) is 5.32 Å². The lowest BCUT2D eigenvalue weighted by Gasteiger charge is -2.12. The van der Waals surface area contributed by atoms with Crippen molar-refractivity contribution in [3.05, 3.63) is 29.3 Å². The Balaban J connectivity index is 2.16. The molecule has 1 atom stereocenters. The Morgan fingerprint density at radius 3 is 2.56 bits per heavy atom. The summed E-state index contributed by atoms with van der Waals surface area (Å²) >= 11 is 5.78. The summed E-state index contributed by atoms with van der Waals surface area (Å²) in [5, 5.41) is 3.28. The first-order valence-electron chi connectivity index (χ1n) is 6.03. The fraction of sp³-hybridized carbons (Fsp3) is 0.385. The number of benzene rings is 1. The molecule has 1 aliphatic rings. The molecule has 96 valence electrons. The van der Waals surface area contributed by atoms with E-state index in [-0.39, 0.29) is 11.9 Å². The Hall–Kier alpha value is -1.55. The first-order valence-corrected chi connectivity index (χ1v) is 6.41. The SMILES string of the molecule is CCCCC1NC(=O)N(c2ccc(Cl)cc2)C1=O. The number of nitrogens with zero attached hydrogens (tertiary/aromatic N) is 1. The number of carbonyl (C=O) groups is 2. The summed E-state index contributed by atoms with van der Waals surface area (Å²) in [5.74, 6) is -0.184. The van der Waals surface area contributed by atoms with Gasteiger partial charge < -0.3 is 5.32 Å². The molecule has 4 nitrogen and oxygen atoms in total. The van der Waals surface area contributed by atoms with Crippen LogP contribution in [0.15, 0.2) is 24.3 Å². The van der Waals surface area contributed by atoms with Crippen molar-refractivity contribution in [2.45, 2.75) is 32.2 Å². The second-order valence-corrected chi connectivity index (χ2v) is 4.73. The lowest BCUT2D eigenvalue weighted by Crippen LogP contribution is -2.31. The number of halogens is 1. The topological polar surface area (TPSA) is 49.4 Å². The number of carbonyl (C=O) groups excluding carboxylic acids is 2. The van der Waals surface area contributed by atoms with E-state index >= 15 is 0 Å². The number of urea groups is 1. The fourth-order valence-corrected chi connectivity index (χ4v) is 2.10. The summed E-state index contributed by atoms with van der Waals surface area (Å²) in [6.45, 7) is 2.05. The average Bonchev–Trinajstić information content (AvgIpc) is 2.63. The third kappa shape index (κ3) is 2.48. The zero-order chi connectivity index (χ0) is 13.1. The van der Waals surface area contributed by atoms with Gasteiger partial charge in [-0.3, -0.25) is 4.79 Å². The molecule has 1 heterocycles. The standard InChI is InChI=1S/C13H15ClN2O2/c1-2-3-4-11-12(17)16(13(18)15-11)10-7-5-9(14)6-8-10/h5-8,11H,2-4H2,1H3,(H,15,18). The van der Waals surface area contributed by atoms with E-state index in [4.69, 9.17) is 11.6 Å². The molecule has 1 unspecified atom stereocenters. The minimum Gasteiger partial charge on any atom is -0.325 e. The second kappa shape index (κ2) is 5.40. The van der Waals surface area contributed by atoms with Gasteiger partial charge in [0.25, 0.3) is 5.91 Å². The van der Waals surface area contributed by atoms with Crippen molar-refractivity contribution >= 4 is 29.2 Å². The van der Waals surface area contributed by atoms with Gasteiger partial charge in [-0.05, 0) is 30.7 Å². The molecule has 1 aliphatic heterocycles. The summed E-state index contributed by atoms with van der Waals surface area (Å²) in [6.07, 6.45) is 2.61. The summed E-state index contributed by atoms with van der Waals surface area (Å²) < 4.78 is 0. The van der Waals surface area contributed by atoms with Crippen LogP contribution in [0.25, 0.3) is 0 Å². The Bertz CT molecular complexity index is 459. The van der Waals surface area contributed by atoms with Crippen LogP contribution in [-0.4, -0.2) is 18.0 Å². The van der Waals surface area contributed by atoms with E-state index in [1.165, 1.54) is 4.90 Å². The Kier molecular flexibility index (Phi) is 3.87. The average molecular weight is 267 g/mol. The smallest absolute Gasteiger partial charge is 0.325 e. The molecule has 5 heteroatoms. The third-order valence-corrected chi connectivity index (χ3v) is 3.20. The maximum absolute atomic E-state index is 12.1. The number of hydrogen-bond donors (Lipinski definition) is 1. The summed E-state index contributed by atoms with van der Waals surface area (Å²) in [7, 11) is 0. The highest BCUT2D eigenvalue weighted by Crippen LogP contribution is 2.23. The van der Waals surface area contributed by atoms with Crippen LogP contribution in [-0.2, 0) is 4.79 Å². The Labute approximate surface area is 111 Å². The highest BCUT2D eigenvalue weighted by Gasteiger charge is 2.38. The van der Waals surface area contributed by atoms with Crippen LogP contribution in [0.5, 0.6) is 0 Å². The van der Waals surface area contributed by atoms with E-state index in [1.54, 1.807) is 24.3 Å². The van der Waals surface area contributed by atoms with Gasteiger partial charge in [-0.2, -0.15) is 0 Å². The van der Waals surface area contributed by atoms with Crippen LogP contribution >= 0.6 is 11.6 Å². The van der Waals surface area contributed by atoms with Gasteiger partial charge in [-0.1, -0.05) is 31.4 Å². The van der Waals surface area contributed by atoms with Crippen molar-refractivity contribution in [3.63, 3.8) is 0 Å². The van der Waals surface area contributed by atoms with Crippen molar-refractivity contribution in [3.8, 4) is 0 Å². The Morgan fingerprint density at radius 1 is 1.28 bits per heavy atom. The number of unbranched alkanes of at least 4 members (excludes halogenated alkanes) is 1. The molecule has 2 rings (SSSR count). The van der Waals surface area contributed by atoms with Crippen LogP contribution in [0.1, 0.15) is 26.2 Å². The van der Waals surface area contributed by atoms with Crippen LogP contribution in [0.4, 0.5) is 10.5 Å². The molecule has 1 saturated heterocycles. The lowest BCUT2D eigenvalue weighted by molar-refractivity contribution is -0.118. The molecule has 1 aromatic carbocycles. The van der Waals surface area contributed by atoms with Crippen molar-refractivity contribution < 1.29 is 9.59 Å². The van der Waals surface area contributed by atoms with Gasteiger partial charge in [-0.25, -0.2) is 9.69 Å². The number of amides is 3. The molecule has 18 heavy (non-hydrogen) atoms. The quantitative estimate of drug-likeness (QED) is 0.852. The van der Waals surface area contributed by atoms with Crippen molar-refractivity contribution in [2.24, 2.45) is 0 Å². The number of anilines is 1. The highest BCUT2D eigenvalue weighted by atomic mass is 35.5. The molecule has 0 aromatic heterocycles. The predicted octanol–water partition coefficient (Wildman–Crippen LogP) is 2.96. The molecule has 0 saturated carbocycles. The summed E-state index contributed by atoms with van der Waals surface area (Å²) in [6, 6.07) is 5.91. The monoisotopic (exact) mass is 266 g/mol. The number of hydrogen-bond acceptors (Lipinski definition) is 2. The number of nitrogens with one attached hydrogen (secondary N) is 1. The zero-order valence-corrected chi connectivity index (χ0v) is 10.9. The third-order valence-electron chi connectivity index (χ3n) is 2.95. The van der Waals surface area contributed by atoms with E-state index in [9.17, 15) is 9.59 Å². The molecule has 1 fully saturated rings. The second-order valence-electron chi connectivity index (χ2n) is 4.29. The molecule has 0 bridgehead atoms. The van der Waals surface area contributed by atoms with Gasteiger partial charge in [0.2, 0.25) is 0 Å². The normalized spacial score (nSPS) is 19.2. The first kappa shape index (κ1) is 12.9. The maximum Gasteiger partial charge on any atom is 0.329 e. The first-order chi connectivity index (χ1) is 8.63. The van der Waals surface area contributed by atoms with E-state index in [1.807, 2.05) is 0 Å². The number of rotatable bonds is 4. The van der Waals surface area contributed by atoms with E-state index in [0.717, 1.165) is 12.8 Å². The summed E-state index contributed by atoms with van der Waals surface area (Å²) in [4.78, 5) is 25.1. The summed E-state index contributed by atoms with van der Waals surface area (Å²) in [5.41, 5.74) is 0.556. The van der Waals surface area contributed by atoms with E-state index in [0.29, 0.717) is 17.1 Å². The van der Waals surface area contributed by atoms with Gasteiger partial charge in [0.1, 0.15) is 6.04 Å².